The van der Waals surface area contributed by atoms with E-state index in [9.17, 15) is 5.11 Å². The molecule has 1 aromatic carbocycles. The number of phenolic OH excluding ortho intramolecular Hbond substituents is 1. The predicted octanol–water partition coefficient (Wildman–Crippen LogP) is 1.90. The first-order chi connectivity index (χ1) is 6.22. The lowest BCUT2D eigenvalue weighted by Crippen LogP contribution is -2.33. The molecule has 0 aliphatic heterocycles. The Morgan fingerprint density at radius 3 is 2.38 bits per heavy atom. The molecule has 0 bridgehead atoms. The summed E-state index contributed by atoms with van der Waals surface area (Å²) >= 11 is 0. The summed E-state index contributed by atoms with van der Waals surface area (Å²) in [6.07, 6.45) is 5.74. The fourth-order valence-electron chi connectivity index (χ4n) is 1.79. The van der Waals surface area contributed by atoms with Gasteiger partial charge in [0.25, 0.3) is 0 Å². The number of hydrogen-bond acceptors (Lipinski definition) is 2. The summed E-state index contributed by atoms with van der Waals surface area (Å²) in [5.41, 5.74) is 6.62. The third kappa shape index (κ3) is 1.33. The second-order valence-electron chi connectivity index (χ2n) is 3.55. The highest BCUT2D eigenvalue weighted by molar-refractivity contribution is 5.39. The fraction of sp³-hybridized carbons (Fsp3) is 0.273. The summed E-state index contributed by atoms with van der Waals surface area (Å²) < 4.78 is 0. The van der Waals surface area contributed by atoms with Gasteiger partial charge >= 0.3 is 0 Å². The van der Waals surface area contributed by atoms with Crippen LogP contribution >= 0.6 is 0 Å². The zero-order valence-corrected chi connectivity index (χ0v) is 7.40. The van der Waals surface area contributed by atoms with Crippen molar-refractivity contribution in [3.63, 3.8) is 0 Å². The maximum Gasteiger partial charge on any atom is 0.120 e. The van der Waals surface area contributed by atoms with Crippen LogP contribution in [-0.2, 0) is 5.54 Å². The summed E-state index contributed by atoms with van der Waals surface area (Å²) in [4.78, 5) is 0. The first kappa shape index (κ1) is 8.32. The van der Waals surface area contributed by atoms with Crippen LogP contribution in [0, 0.1) is 0 Å². The summed E-state index contributed by atoms with van der Waals surface area (Å²) in [5.74, 6) is 0.300. The number of benzene rings is 1. The van der Waals surface area contributed by atoms with Crippen molar-refractivity contribution in [3.05, 3.63) is 42.0 Å². The lowest BCUT2D eigenvalue weighted by Gasteiger charge is -2.24. The van der Waals surface area contributed by atoms with Gasteiger partial charge in [0.2, 0.25) is 0 Å². The van der Waals surface area contributed by atoms with Gasteiger partial charge in [-0.25, -0.2) is 0 Å². The van der Waals surface area contributed by atoms with Crippen LogP contribution in [0.1, 0.15) is 18.4 Å². The van der Waals surface area contributed by atoms with Crippen molar-refractivity contribution in [1.29, 1.82) is 0 Å². The number of hydrogen-bond donors (Lipinski definition) is 2. The van der Waals surface area contributed by atoms with E-state index in [0.29, 0.717) is 5.75 Å². The van der Waals surface area contributed by atoms with Crippen molar-refractivity contribution in [1.82, 2.24) is 0 Å². The molecule has 1 aliphatic rings. The molecule has 0 amide bonds. The molecule has 1 aromatic rings. The largest absolute Gasteiger partial charge is 0.508 e. The van der Waals surface area contributed by atoms with E-state index in [0.717, 1.165) is 18.4 Å². The monoisotopic (exact) mass is 175 g/mol. The van der Waals surface area contributed by atoms with Crippen LogP contribution in [0.4, 0.5) is 0 Å². The van der Waals surface area contributed by atoms with Crippen LogP contribution in [0.3, 0.4) is 0 Å². The summed E-state index contributed by atoms with van der Waals surface area (Å²) in [7, 11) is 0. The van der Waals surface area contributed by atoms with Crippen LogP contribution in [0.15, 0.2) is 36.4 Å². The molecule has 2 heteroatoms. The van der Waals surface area contributed by atoms with Gasteiger partial charge in [0, 0.05) is 5.56 Å². The van der Waals surface area contributed by atoms with E-state index >= 15 is 0 Å². The third-order valence-corrected chi connectivity index (χ3v) is 2.57. The first-order valence-corrected chi connectivity index (χ1v) is 4.45. The molecule has 0 unspecified atom stereocenters. The van der Waals surface area contributed by atoms with Gasteiger partial charge in [-0.3, -0.25) is 0 Å². The molecule has 0 fully saturated rings. The summed E-state index contributed by atoms with van der Waals surface area (Å²) in [6, 6.07) is 7.29. The molecule has 3 N–H and O–H groups in total. The molecule has 0 radical (unpaired) electrons. The summed E-state index contributed by atoms with van der Waals surface area (Å²) in [5, 5.41) is 9.63. The van der Waals surface area contributed by atoms with E-state index < -0.39 is 0 Å². The Bertz CT molecular complexity index is 336. The minimum Gasteiger partial charge on any atom is -0.508 e. The van der Waals surface area contributed by atoms with Crippen molar-refractivity contribution in [2.45, 2.75) is 18.4 Å². The van der Waals surface area contributed by atoms with Crippen molar-refractivity contribution < 1.29 is 5.11 Å². The second kappa shape index (κ2) is 2.89. The maximum absolute atomic E-state index is 9.63. The zero-order valence-electron chi connectivity index (χ0n) is 7.40. The van der Waals surface area contributed by atoms with E-state index in [1.54, 1.807) is 6.07 Å². The number of nitrogens with two attached hydrogens (primary N) is 1. The van der Waals surface area contributed by atoms with Crippen LogP contribution in [0.2, 0.25) is 0 Å². The number of aromatic hydroxyl groups is 1. The Hall–Kier alpha value is -1.28. The fourth-order valence-corrected chi connectivity index (χ4v) is 1.79. The smallest absolute Gasteiger partial charge is 0.120 e. The molecule has 0 heterocycles. The van der Waals surface area contributed by atoms with Gasteiger partial charge in [-0.05, 0) is 18.9 Å². The maximum atomic E-state index is 9.63. The van der Waals surface area contributed by atoms with Gasteiger partial charge in [-0.15, -0.1) is 0 Å². The van der Waals surface area contributed by atoms with Crippen LogP contribution in [0.25, 0.3) is 0 Å². The zero-order chi connectivity index (χ0) is 9.31. The summed E-state index contributed by atoms with van der Waals surface area (Å²) in [6.45, 7) is 0. The van der Waals surface area contributed by atoms with Gasteiger partial charge in [0.05, 0.1) is 5.54 Å². The van der Waals surface area contributed by atoms with Crippen molar-refractivity contribution >= 4 is 0 Å². The van der Waals surface area contributed by atoms with Gasteiger partial charge < -0.3 is 10.8 Å². The van der Waals surface area contributed by atoms with E-state index in [4.69, 9.17) is 5.73 Å². The van der Waals surface area contributed by atoms with Gasteiger partial charge in [-0.2, -0.15) is 0 Å². The predicted molar refractivity (Wildman–Crippen MR) is 52.3 cm³/mol. The van der Waals surface area contributed by atoms with Gasteiger partial charge in [0.1, 0.15) is 5.75 Å². The molecular formula is C11H13NO. The highest BCUT2D eigenvalue weighted by atomic mass is 16.3. The van der Waals surface area contributed by atoms with E-state index in [1.807, 2.05) is 18.2 Å². The molecule has 2 rings (SSSR count). The average molecular weight is 175 g/mol. The van der Waals surface area contributed by atoms with Crippen molar-refractivity contribution in [2.75, 3.05) is 0 Å². The van der Waals surface area contributed by atoms with Crippen molar-refractivity contribution in [2.24, 2.45) is 5.73 Å². The minimum absolute atomic E-state index is 0.300. The van der Waals surface area contributed by atoms with Crippen molar-refractivity contribution in [3.8, 4) is 5.75 Å². The SMILES string of the molecule is NC1(c2ccccc2O)CC=CC1. The molecule has 1 aliphatic carbocycles. The quantitative estimate of drug-likeness (QED) is 0.640. The normalized spacial score (nSPS) is 19.2. The average Bonchev–Trinajstić information content (AvgIpc) is 2.54. The Kier molecular flexibility index (Phi) is 1.85. The standard InChI is InChI=1S/C11H13NO/c12-11(7-3-4-8-11)9-5-1-2-6-10(9)13/h1-6,13H,7-8,12H2. The van der Waals surface area contributed by atoms with E-state index in [2.05, 4.69) is 12.2 Å². The molecule has 0 saturated carbocycles. The Labute approximate surface area is 77.7 Å². The molecule has 0 aromatic heterocycles. The van der Waals surface area contributed by atoms with Crippen LogP contribution in [0.5, 0.6) is 5.75 Å². The molecule has 0 spiro atoms. The van der Waals surface area contributed by atoms with E-state index in [1.165, 1.54) is 0 Å². The first-order valence-electron chi connectivity index (χ1n) is 4.45. The molecule has 2 nitrogen and oxygen atoms in total. The van der Waals surface area contributed by atoms with Crippen LogP contribution < -0.4 is 5.73 Å². The van der Waals surface area contributed by atoms with Gasteiger partial charge in [0.15, 0.2) is 0 Å². The molecule has 13 heavy (non-hydrogen) atoms. The van der Waals surface area contributed by atoms with E-state index in [-0.39, 0.29) is 5.54 Å². The number of phenols is 1. The highest BCUT2D eigenvalue weighted by Crippen LogP contribution is 2.36. The minimum atomic E-state index is -0.384. The third-order valence-electron chi connectivity index (χ3n) is 2.57. The number of para-hydroxylation sites is 1. The highest BCUT2D eigenvalue weighted by Gasteiger charge is 2.30. The Balaban J connectivity index is 2.40. The topological polar surface area (TPSA) is 46.2 Å². The molecule has 68 valence electrons. The van der Waals surface area contributed by atoms with Crippen LogP contribution in [-0.4, -0.2) is 5.11 Å². The number of rotatable bonds is 1. The Morgan fingerprint density at radius 2 is 1.77 bits per heavy atom. The molecule has 0 atom stereocenters. The lowest BCUT2D eigenvalue weighted by atomic mass is 9.88. The molecular weight excluding hydrogens is 162 g/mol. The second-order valence-corrected chi connectivity index (χ2v) is 3.55. The molecule has 0 saturated heterocycles. The Morgan fingerprint density at radius 1 is 1.15 bits per heavy atom. The van der Waals surface area contributed by atoms with Gasteiger partial charge in [-0.1, -0.05) is 30.4 Å². The lowest BCUT2D eigenvalue weighted by molar-refractivity contribution is 0.418.